The van der Waals surface area contributed by atoms with E-state index in [1.807, 2.05) is 0 Å². The molecule has 10 heteroatoms. The lowest BCUT2D eigenvalue weighted by molar-refractivity contribution is 0.0700. The summed E-state index contributed by atoms with van der Waals surface area (Å²) in [5.41, 5.74) is 1.70. The van der Waals surface area contributed by atoms with E-state index in [-0.39, 0.29) is 17.0 Å². The van der Waals surface area contributed by atoms with E-state index in [1.54, 1.807) is 6.92 Å². The number of aromatic amines is 1. The minimum atomic E-state index is -0.888. The lowest BCUT2D eigenvalue weighted by Crippen LogP contribution is -2.34. The van der Waals surface area contributed by atoms with Gasteiger partial charge in [-0.05, 0) is 25.7 Å². The zero-order chi connectivity index (χ0) is 22.6. The van der Waals surface area contributed by atoms with Gasteiger partial charge in [-0.3, -0.25) is 4.79 Å². The molecule has 3 atom stereocenters. The van der Waals surface area contributed by atoms with Gasteiger partial charge in [-0.2, -0.15) is 0 Å². The van der Waals surface area contributed by atoms with Crippen LogP contribution in [0, 0.1) is 24.7 Å². The van der Waals surface area contributed by atoms with Gasteiger partial charge in [0.2, 0.25) is 0 Å². The number of hydrogen-bond donors (Lipinski definition) is 3. The van der Waals surface area contributed by atoms with Crippen molar-refractivity contribution in [3.05, 3.63) is 32.0 Å². The van der Waals surface area contributed by atoms with Crippen LogP contribution in [0.5, 0.6) is 0 Å². The first-order chi connectivity index (χ1) is 15.3. The SMILES string of the molecule is Cc1[nH]c(C(=O)N[C@@H]2[C@@H]3CN(c4nc(CCC5CCCC5)c(C(=O)O)s4)C[C@@H]32)c(Cl)c1Cl. The van der Waals surface area contributed by atoms with E-state index >= 15 is 0 Å². The molecule has 7 nitrogen and oxygen atoms in total. The minimum Gasteiger partial charge on any atom is -0.477 e. The summed E-state index contributed by atoms with van der Waals surface area (Å²) < 4.78 is 0. The number of anilines is 1. The molecule has 2 aromatic rings. The highest BCUT2D eigenvalue weighted by molar-refractivity contribution is 7.17. The Bertz CT molecular complexity index is 1050. The number of carbonyl (C=O) groups is 2. The van der Waals surface area contributed by atoms with E-state index in [0.29, 0.717) is 39.0 Å². The van der Waals surface area contributed by atoms with Gasteiger partial charge in [-0.25, -0.2) is 9.78 Å². The number of H-pyrrole nitrogens is 1. The topological polar surface area (TPSA) is 98.3 Å². The fourth-order valence-electron chi connectivity index (χ4n) is 5.30. The molecule has 32 heavy (non-hydrogen) atoms. The Labute approximate surface area is 200 Å². The van der Waals surface area contributed by atoms with Crippen LogP contribution in [0.4, 0.5) is 5.13 Å². The summed E-state index contributed by atoms with van der Waals surface area (Å²) in [5.74, 6) is 0.248. The highest BCUT2D eigenvalue weighted by Crippen LogP contribution is 2.48. The van der Waals surface area contributed by atoms with Crippen molar-refractivity contribution in [1.82, 2.24) is 15.3 Å². The van der Waals surface area contributed by atoms with Gasteiger partial charge < -0.3 is 20.3 Å². The molecule has 0 spiro atoms. The number of fused-ring (bicyclic) bond motifs is 1. The van der Waals surface area contributed by atoms with Gasteiger partial charge in [-0.15, -0.1) is 0 Å². The van der Waals surface area contributed by atoms with Gasteiger partial charge in [0.05, 0.1) is 15.7 Å². The van der Waals surface area contributed by atoms with Crippen molar-refractivity contribution in [2.24, 2.45) is 17.8 Å². The number of carboxylic acid groups (broad SMARTS) is 1. The number of aryl methyl sites for hydroxylation is 2. The number of hydrogen-bond acceptors (Lipinski definition) is 5. The number of carboxylic acids is 1. The van der Waals surface area contributed by atoms with Crippen LogP contribution in [-0.2, 0) is 6.42 Å². The van der Waals surface area contributed by atoms with Crippen molar-refractivity contribution in [2.45, 2.75) is 51.5 Å². The normalized spacial score (nSPS) is 24.7. The van der Waals surface area contributed by atoms with E-state index in [0.717, 1.165) is 36.8 Å². The Morgan fingerprint density at radius 1 is 1.22 bits per heavy atom. The molecule has 0 radical (unpaired) electrons. The summed E-state index contributed by atoms with van der Waals surface area (Å²) in [6.45, 7) is 3.31. The number of nitrogens with zero attached hydrogens (tertiary/aromatic N) is 2. The molecule has 3 fully saturated rings. The first kappa shape index (κ1) is 22.0. The molecule has 3 heterocycles. The van der Waals surface area contributed by atoms with Gasteiger partial charge in [0.1, 0.15) is 10.6 Å². The van der Waals surface area contributed by atoms with Crippen LogP contribution in [0.1, 0.15) is 63.7 Å². The molecule has 3 aliphatic rings. The van der Waals surface area contributed by atoms with E-state index in [2.05, 4.69) is 15.2 Å². The lowest BCUT2D eigenvalue weighted by Gasteiger charge is -2.19. The molecule has 3 N–H and O–H groups in total. The monoisotopic (exact) mass is 496 g/mol. The largest absolute Gasteiger partial charge is 0.477 e. The van der Waals surface area contributed by atoms with Gasteiger partial charge in [0, 0.05) is 36.7 Å². The van der Waals surface area contributed by atoms with Crippen LogP contribution in [0.2, 0.25) is 10.0 Å². The number of halogens is 2. The lowest BCUT2D eigenvalue weighted by atomic mass is 10.0. The van der Waals surface area contributed by atoms with Crippen molar-refractivity contribution in [1.29, 1.82) is 0 Å². The van der Waals surface area contributed by atoms with Crippen LogP contribution < -0.4 is 10.2 Å². The number of carbonyl (C=O) groups excluding carboxylic acids is 1. The van der Waals surface area contributed by atoms with Crippen molar-refractivity contribution < 1.29 is 14.7 Å². The number of aromatic carboxylic acids is 1. The molecule has 0 bridgehead atoms. The van der Waals surface area contributed by atoms with Crippen molar-refractivity contribution in [3.8, 4) is 0 Å². The Morgan fingerprint density at radius 3 is 2.50 bits per heavy atom. The first-order valence-electron chi connectivity index (χ1n) is 11.2. The van der Waals surface area contributed by atoms with Crippen LogP contribution in [0.15, 0.2) is 0 Å². The molecule has 0 aromatic carbocycles. The summed E-state index contributed by atoms with van der Waals surface area (Å²) >= 11 is 13.5. The van der Waals surface area contributed by atoms with E-state index < -0.39 is 5.97 Å². The third kappa shape index (κ3) is 4.01. The van der Waals surface area contributed by atoms with Gasteiger partial charge in [0.15, 0.2) is 5.13 Å². The van der Waals surface area contributed by atoms with E-state index in [4.69, 9.17) is 28.2 Å². The second-order valence-corrected chi connectivity index (χ2v) is 11.0. The van der Waals surface area contributed by atoms with Crippen LogP contribution in [0.3, 0.4) is 0 Å². The fourth-order valence-corrected chi connectivity index (χ4v) is 6.69. The summed E-state index contributed by atoms with van der Waals surface area (Å²) in [4.78, 5) is 34.6. The molecular weight excluding hydrogens is 471 g/mol. The molecule has 2 saturated carbocycles. The predicted octanol–water partition coefficient (Wildman–Crippen LogP) is 4.77. The number of aromatic nitrogens is 2. The maximum Gasteiger partial charge on any atom is 0.347 e. The Balaban J connectivity index is 1.20. The third-order valence-corrected chi connectivity index (χ3v) is 9.28. The molecule has 1 amide bonds. The molecule has 5 rings (SSSR count). The number of piperidine rings is 1. The summed E-state index contributed by atoms with van der Waals surface area (Å²) in [6, 6.07) is 0.0953. The standard InChI is InChI=1S/C22H26Cl2N4O3S/c1-10-15(23)16(24)18(25-10)20(29)27-17-12-8-28(9-13(12)17)22-26-14(19(32-22)21(30)31)7-6-11-4-2-3-5-11/h11-13,17,25H,2-9H2,1H3,(H,27,29)(H,30,31)/t12-,13+,17-. The average Bonchev–Trinajstić information content (AvgIpc) is 3.34. The maximum atomic E-state index is 12.6. The first-order valence-corrected chi connectivity index (χ1v) is 12.7. The molecule has 1 saturated heterocycles. The van der Waals surface area contributed by atoms with Crippen molar-refractivity contribution in [3.63, 3.8) is 0 Å². The summed E-state index contributed by atoms with van der Waals surface area (Å²) in [6.07, 6.45) is 6.84. The highest BCUT2D eigenvalue weighted by Gasteiger charge is 2.57. The molecule has 2 aromatic heterocycles. The maximum absolute atomic E-state index is 12.6. The summed E-state index contributed by atoms with van der Waals surface area (Å²) in [5, 5.41) is 14.1. The molecule has 172 valence electrons. The van der Waals surface area contributed by atoms with Crippen LogP contribution in [-0.4, -0.2) is 46.1 Å². The zero-order valence-electron chi connectivity index (χ0n) is 17.8. The average molecular weight is 497 g/mol. The Kier molecular flexibility index (Phi) is 5.88. The highest BCUT2D eigenvalue weighted by atomic mass is 35.5. The molecule has 1 aliphatic heterocycles. The Hall–Kier alpha value is -1.77. The van der Waals surface area contributed by atoms with Gasteiger partial charge in [-0.1, -0.05) is 60.2 Å². The second-order valence-electron chi connectivity index (χ2n) is 9.25. The van der Waals surface area contributed by atoms with E-state index in [9.17, 15) is 14.7 Å². The van der Waals surface area contributed by atoms with Gasteiger partial charge >= 0.3 is 5.97 Å². The van der Waals surface area contributed by atoms with Crippen molar-refractivity contribution >= 4 is 51.5 Å². The van der Waals surface area contributed by atoms with Gasteiger partial charge in [0.25, 0.3) is 5.91 Å². The van der Waals surface area contributed by atoms with E-state index in [1.165, 1.54) is 37.0 Å². The van der Waals surface area contributed by atoms with Crippen molar-refractivity contribution in [2.75, 3.05) is 18.0 Å². The third-order valence-electron chi connectivity index (χ3n) is 7.19. The second kappa shape index (κ2) is 8.54. The van der Waals surface area contributed by atoms with Crippen LogP contribution >= 0.6 is 34.5 Å². The number of nitrogens with one attached hydrogen (secondary N) is 2. The predicted molar refractivity (Wildman–Crippen MR) is 125 cm³/mol. The minimum absolute atomic E-state index is 0.0953. The quantitative estimate of drug-likeness (QED) is 0.512. The van der Waals surface area contributed by atoms with Crippen LogP contribution in [0.25, 0.3) is 0 Å². The molecular formula is C22H26Cl2N4O3S. The fraction of sp³-hybridized carbons (Fsp3) is 0.591. The number of amides is 1. The molecule has 2 aliphatic carbocycles. The Morgan fingerprint density at radius 2 is 1.91 bits per heavy atom. The molecule has 0 unspecified atom stereocenters. The zero-order valence-corrected chi connectivity index (χ0v) is 20.1. The summed E-state index contributed by atoms with van der Waals surface area (Å²) in [7, 11) is 0. The number of thiazole rings is 1. The smallest absolute Gasteiger partial charge is 0.347 e. The number of rotatable bonds is 7.